The molecule has 0 unspecified atom stereocenters. The first-order chi connectivity index (χ1) is 9.81. The molecular weight excluding hydrogens is 252 g/mol. The van der Waals surface area contributed by atoms with Crippen LogP contribution in [0.4, 0.5) is 5.69 Å². The van der Waals surface area contributed by atoms with Gasteiger partial charge in [-0.05, 0) is 42.7 Å². The summed E-state index contributed by atoms with van der Waals surface area (Å²) in [4.78, 5) is 19.9. The third-order valence-electron chi connectivity index (χ3n) is 3.15. The van der Waals surface area contributed by atoms with Crippen molar-refractivity contribution >= 4 is 11.6 Å². The van der Waals surface area contributed by atoms with Gasteiger partial charge in [-0.25, -0.2) is 4.98 Å². The zero-order chi connectivity index (χ0) is 13.8. The van der Waals surface area contributed by atoms with Crippen molar-refractivity contribution in [3.8, 4) is 0 Å². The first kappa shape index (κ1) is 12.6. The van der Waals surface area contributed by atoms with Crippen molar-refractivity contribution in [2.45, 2.75) is 25.4 Å². The monoisotopic (exact) mass is 268 g/mol. The van der Waals surface area contributed by atoms with Gasteiger partial charge in [0, 0.05) is 25.0 Å². The van der Waals surface area contributed by atoms with Gasteiger partial charge in [0.1, 0.15) is 5.69 Å². The van der Waals surface area contributed by atoms with Crippen LogP contribution in [0.25, 0.3) is 0 Å². The zero-order valence-electron chi connectivity index (χ0n) is 11.0. The van der Waals surface area contributed by atoms with Crippen LogP contribution >= 0.6 is 0 Å². The van der Waals surface area contributed by atoms with E-state index in [1.807, 2.05) is 18.2 Å². The van der Waals surface area contributed by atoms with Gasteiger partial charge in [0.15, 0.2) is 0 Å². The molecule has 1 amide bonds. The summed E-state index contributed by atoms with van der Waals surface area (Å²) < 4.78 is 0. The van der Waals surface area contributed by atoms with Crippen molar-refractivity contribution in [2.24, 2.45) is 0 Å². The summed E-state index contributed by atoms with van der Waals surface area (Å²) in [5.41, 5.74) is 2.51. The highest BCUT2D eigenvalue weighted by Gasteiger charge is 2.24. The van der Waals surface area contributed by atoms with Gasteiger partial charge in [-0.3, -0.25) is 9.78 Å². The Bertz CT molecular complexity index is 579. The van der Waals surface area contributed by atoms with Crippen LogP contribution in [0, 0.1) is 0 Å². The fraction of sp³-hybridized carbons (Fsp3) is 0.267. The molecule has 0 atom stereocenters. The van der Waals surface area contributed by atoms with Crippen molar-refractivity contribution in [3.05, 3.63) is 54.1 Å². The molecule has 2 N–H and O–H groups in total. The highest BCUT2D eigenvalue weighted by Crippen LogP contribution is 2.19. The Kier molecular flexibility index (Phi) is 3.58. The van der Waals surface area contributed by atoms with Gasteiger partial charge in [0.2, 0.25) is 0 Å². The largest absolute Gasteiger partial charge is 0.380 e. The lowest BCUT2D eigenvalue weighted by atomic mass is 10.2. The fourth-order valence-corrected chi connectivity index (χ4v) is 1.82. The number of pyridine rings is 2. The predicted octanol–water partition coefficient (Wildman–Crippen LogP) is 1.98. The lowest BCUT2D eigenvalue weighted by Gasteiger charge is -2.07. The van der Waals surface area contributed by atoms with Crippen molar-refractivity contribution in [1.29, 1.82) is 0 Å². The molecule has 0 aliphatic heterocycles. The molecule has 102 valence electrons. The maximum atomic E-state index is 11.8. The van der Waals surface area contributed by atoms with Gasteiger partial charge < -0.3 is 10.6 Å². The summed E-state index contributed by atoms with van der Waals surface area (Å²) in [7, 11) is 0. The van der Waals surface area contributed by atoms with Crippen molar-refractivity contribution in [1.82, 2.24) is 15.3 Å². The number of carbonyl (C=O) groups is 1. The second-order valence-electron chi connectivity index (χ2n) is 4.89. The quantitative estimate of drug-likeness (QED) is 0.870. The Morgan fingerprint density at radius 3 is 2.65 bits per heavy atom. The van der Waals surface area contributed by atoms with E-state index < -0.39 is 0 Å². The minimum Gasteiger partial charge on any atom is -0.380 e. The molecule has 0 radical (unpaired) electrons. The number of nitrogens with zero attached hydrogens (tertiary/aromatic N) is 2. The Hall–Kier alpha value is -2.43. The summed E-state index contributed by atoms with van der Waals surface area (Å²) in [6, 6.07) is 7.88. The third kappa shape index (κ3) is 3.32. The summed E-state index contributed by atoms with van der Waals surface area (Å²) in [6.07, 6.45) is 7.37. The number of hydrogen-bond donors (Lipinski definition) is 2. The molecular formula is C15H16N4O. The van der Waals surface area contributed by atoms with Gasteiger partial charge in [0.05, 0.1) is 11.9 Å². The summed E-state index contributed by atoms with van der Waals surface area (Å²) in [5, 5.41) is 6.18. The summed E-state index contributed by atoms with van der Waals surface area (Å²) in [6.45, 7) is 0.706. The predicted molar refractivity (Wildman–Crippen MR) is 76.3 cm³/mol. The highest BCUT2D eigenvalue weighted by molar-refractivity contribution is 5.92. The molecule has 1 aliphatic carbocycles. The van der Waals surface area contributed by atoms with E-state index in [1.165, 1.54) is 0 Å². The lowest BCUT2D eigenvalue weighted by Crippen LogP contribution is -2.26. The van der Waals surface area contributed by atoms with Crippen molar-refractivity contribution < 1.29 is 4.79 Å². The Labute approximate surface area is 117 Å². The minimum atomic E-state index is -0.0896. The average Bonchev–Trinajstić information content (AvgIpc) is 3.31. The number of carbonyl (C=O) groups excluding carboxylic acids is 1. The molecule has 0 spiro atoms. The van der Waals surface area contributed by atoms with Gasteiger partial charge in [0.25, 0.3) is 5.91 Å². The maximum absolute atomic E-state index is 11.8. The highest BCUT2D eigenvalue weighted by atomic mass is 16.2. The topological polar surface area (TPSA) is 66.9 Å². The van der Waals surface area contributed by atoms with Gasteiger partial charge in [-0.2, -0.15) is 0 Å². The minimum absolute atomic E-state index is 0.0896. The molecule has 0 saturated heterocycles. The average molecular weight is 268 g/mol. The van der Waals surface area contributed by atoms with Crippen LogP contribution in [-0.4, -0.2) is 21.9 Å². The molecule has 1 fully saturated rings. The standard InChI is InChI=1S/C15H16N4O/c20-15(19-12-1-2-12)14-4-3-13(10-18-14)17-9-11-5-7-16-8-6-11/h3-8,10,12,17H,1-2,9H2,(H,19,20). The van der Waals surface area contributed by atoms with Crippen LogP contribution in [-0.2, 0) is 6.54 Å². The SMILES string of the molecule is O=C(NC1CC1)c1ccc(NCc2ccncc2)cn1. The van der Waals surface area contributed by atoms with Gasteiger partial charge in [-0.1, -0.05) is 0 Å². The molecule has 2 aromatic rings. The van der Waals surface area contributed by atoms with Crippen LogP contribution in [0.2, 0.25) is 0 Å². The number of nitrogens with one attached hydrogen (secondary N) is 2. The van der Waals surface area contributed by atoms with Crippen LogP contribution in [0.1, 0.15) is 28.9 Å². The Morgan fingerprint density at radius 2 is 2.00 bits per heavy atom. The van der Waals surface area contributed by atoms with Crippen LogP contribution < -0.4 is 10.6 Å². The van der Waals surface area contributed by atoms with E-state index in [0.717, 1.165) is 24.1 Å². The number of amides is 1. The van der Waals surface area contributed by atoms with E-state index >= 15 is 0 Å². The molecule has 1 saturated carbocycles. The number of hydrogen-bond acceptors (Lipinski definition) is 4. The van der Waals surface area contributed by atoms with E-state index in [2.05, 4.69) is 20.6 Å². The molecule has 0 aromatic carbocycles. The van der Waals surface area contributed by atoms with Gasteiger partial charge >= 0.3 is 0 Å². The summed E-state index contributed by atoms with van der Waals surface area (Å²) >= 11 is 0. The Morgan fingerprint density at radius 1 is 1.20 bits per heavy atom. The molecule has 2 heterocycles. The van der Waals surface area contributed by atoms with Crippen LogP contribution in [0.15, 0.2) is 42.9 Å². The van der Waals surface area contributed by atoms with Crippen LogP contribution in [0.3, 0.4) is 0 Å². The van der Waals surface area contributed by atoms with E-state index in [9.17, 15) is 4.79 Å². The number of anilines is 1. The van der Waals surface area contributed by atoms with Crippen LogP contribution in [0.5, 0.6) is 0 Å². The Balaban J connectivity index is 1.56. The molecule has 5 heteroatoms. The van der Waals surface area contributed by atoms with Gasteiger partial charge in [-0.15, -0.1) is 0 Å². The summed E-state index contributed by atoms with van der Waals surface area (Å²) in [5.74, 6) is -0.0896. The smallest absolute Gasteiger partial charge is 0.270 e. The molecule has 3 rings (SSSR count). The molecule has 0 bridgehead atoms. The zero-order valence-corrected chi connectivity index (χ0v) is 11.0. The van der Waals surface area contributed by atoms with E-state index in [4.69, 9.17) is 0 Å². The van der Waals surface area contributed by atoms with E-state index in [-0.39, 0.29) is 5.91 Å². The van der Waals surface area contributed by atoms with E-state index in [1.54, 1.807) is 24.7 Å². The molecule has 1 aliphatic rings. The molecule has 5 nitrogen and oxygen atoms in total. The fourth-order valence-electron chi connectivity index (χ4n) is 1.82. The lowest BCUT2D eigenvalue weighted by molar-refractivity contribution is 0.0946. The first-order valence-electron chi connectivity index (χ1n) is 6.71. The first-order valence-corrected chi connectivity index (χ1v) is 6.71. The number of aromatic nitrogens is 2. The van der Waals surface area contributed by atoms with E-state index in [0.29, 0.717) is 18.3 Å². The second-order valence-corrected chi connectivity index (χ2v) is 4.89. The second kappa shape index (κ2) is 5.69. The third-order valence-corrected chi connectivity index (χ3v) is 3.15. The molecule has 2 aromatic heterocycles. The molecule has 20 heavy (non-hydrogen) atoms. The van der Waals surface area contributed by atoms with Crippen molar-refractivity contribution in [2.75, 3.05) is 5.32 Å². The maximum Gasteiger partial charge on any atom is 0.270 e. The number of rotatable bonds is 5. The normalized spacial score (nSPS) is 13.8. The van der Waals surface area contributed by atoms with Crippen molar-refractivity contribution in [3.63, 3.8) is 0 Å².